The van der Waals surface area contributed by atoms with Crippen LogP contribution in [0.3, 0.4) is 0 Å². The standard InChI is InChI=1S/C16H12IN3OS/c17-13-6-2-1-5-12(13)15(21)19-9-11-10-22-16(20-11)14-7-3-4-8-18-14/h1-8,10H,9H2,(H,19,21). The second-order valence-electron chi connectivity index (χ2n) is 4.52. The summed E-state index contributed by atoms with van der Waals surface area (Å²) in [6.45, 7) is 0.410. The molecule has 4 nitrogen and oxygen atoms in total. The fourth-order valence-corrected chi connectivity index (χ4v) is 3.33. The van der Waals surface area contributed by atoms with Crippen molar-refractivity contribution in [3.63, 3.8) is 0 Å². The average molecular weight is 421 g/mol. The molecule has 3 aromatic rings. The minimum atomic E-state index is -0.0858. The van der Waals surface area contributed by atoms with Gasteiger partial charge in [-0.05, 0) is 46.9 Å². The van der Waals surface area contributed by atoms with Crippen molar-refractivity contribution in [2.45, 2.75) is 6.54 Å². The summed E-state index contributed by atoms with van der Waals surface area (Å²) in [5.41, 5.74) is 2.37. The second kappa shape index (κ2) is 6.97. The molecule has 1 N–H and O–H groups in total. The molecular weight excluding hydrogens is 409 g/mol. The number of carbonyl (C=O) groups is 1. The van der Waals surface area contributed by atoms with Crippen LogP contribution in [0.1, 0.15) is 16.1 Å². The van der Waals surface area contributed by atoms with Gasteiger partial charge in [-0.15, -0.1) is 11.3 Å². The predicted molar refractivity (Wildman–Crippen MR) is 95.7 cm³/mol. The lowest BCUT2D eigenvalue weighted by atomic mass is 10.2. The van der Waals surface area contributed by atoms with Crippen LogP contribution in [0.2, 0.25) is 0 Å². The monoisotopic (exact) mass is 421 g/mol. The maximum absolute atomic E-state index is 12.2. The van der Waals surface area contributed by atoms with E-state index < -0.39 is 0 Å². The van der Waals surface area contributed by atoms with E-state index in [9.17, 15) is 4.79 Å². The first-order valence-electron chi connectivity index (χ1n) is 6.62. The van der Waals surface area contributed by atoms with E-state index in [-0.39, 0.29) is 5.91 Å². The quantitative estimate of drug-likeness (QED) is 0.654. The van der Waals surface area contributed by atoms with Gasteiger partial charge in [-0.2, -0.15) is 0 Å². The van der Waals surface area contributed by atoms with Crippen molar-refractivity contribution in [3.05, 3.63) is 68.9 Å². The summed E-state index contributed by atoms with van der Waals surface area (Å²) >= 11 is 3.69. The zero-order chi connectivity index (χ0) is 15.4. The Morgan fingerprint density at radius 1 is 1.18 bits per heavy atom. The van der Waals surface area contributed by atoms with E-state index in [4.69, 9.17) is 0 Å². The van der Waals surface area contributed by atoms with Crippen LogP contribution in [0.25, 0.3) is 10.7 Å². The first-order valence-corrected chi connectivity index (χ1v) is 8.58. The van der Waals surface area contributed by atoms with Crippen LogP contribution in [-0.4, -0.2) is 15.9 Å². The van der Waals surface area contributed by atoms with Crippen molar-refractivity contribution in [2.24, 2.45) is 0 Å². The van der Waals surface area contributed by atoms with Crippen LogP contribution in [0.4, 0.5) is 0 Å². The van der Waals surface area contributed by atoms with Crippen molar-refractivity contribution in [1.82, 2.24) is 15.3 Å². The second-order valence-corrected chi connectivity index (χ2v) is 6.54. The van der Waals surface area contributed by atoms with Gasteiger partial charge in [0.05, 0.1) is 23.5 Å². The molecule has 0 fully saturated rings. The number of thiazole rings is 1. The topological polar surface area (TPSA) is 54.9 Å². The summed E-state index contributed by atoms with van der Waals surface area (Å²) in [6, 6.07) is 13.2. The van der Waals surface area contributed by atoms with Gasteiger partial charge < -0.3 is 5.32 Å². The van der Waals surface area contributed by atoms with Gasteiger partial charge in [-0.1, -0.05) is 18.2 Å². The van der Waals surface area contributed by atoms with E-state index in [1.165, 1.54) is 11.3 Å². The van der Waals surface area contributed by atoms with Crippen molar-refractivity contribution in [3.8, 4) is 10.7 Å². The van der Waals surface area contributed by atoms with Crippen LogP contribution in [0, 0.1) is 3.57 Å². The Kier molecular flexibility index (Phi) is 4.79. The Balaban J connectivity index is 1.67. The minimum Gasteiger partial charge on any atom is -0.346 e. The van der Waals surface area contributed by atoms with Gasteiger partial charge in [0.15, 0.2) is 0 Å². The number of nitrogens with zero attached hydrogens (tertiary/aromatic N) is 2. The molecular formula is C16H12IN3OS. The van der Waals surface area contributed by atoms with E-state index >= 15 is 0 Å². The highest BCUT2D eigenvalue weighted by atomic mass is 127. The number of nitrogens with one attached hydrogen (secondary N) is 1. The minimum absolute atomic E-state index is 0.0858. The third-order valence-corrected chi connectivity index (χ3v) is 4.84. The summed E-state index contributed by atoms with van der Waals surface area (Å²) in [4.78, 5) is 20.9. The number of hydrogen-bond acceptors (Lipinski definition) is 4. The van der Waals surface area contributed by atoms with Crippen molar-refractivity contribution < 1.29 is 4.79 Å². The first kappa shape index (κ1) is 15.1. The molecule has 2 heterocycles. The summed E-state index contributed by atoms with van der Waals surface area (Å²) in [7, 11) is 0. The van der Waals surface area contributed by atoms with E-state index in [1.54, 1.807) is 6.20 Å². The van der Waals surface area contributed by atoms with Crippen LogP contribution < -0.4 is 5.32 Å². The molecule has 0 aliphatic rings. The van der Waals surface area contributed by atoms with E-state index in [1.807, 2.05) is 47.8 Å². The molecule has 1 amide bonds. The molecule has 0 unspecified atom stereocenters. The highest BCUT2D eigenvalue weighted by Gasteiger charge is 2.10. The fraction of sp³-hybridized carbons (Fsp3) is 0.0625. The van der Waals surface area contributed by atoms with Crippen LogP contribution in [0.15, 0.2) is 54.0 Å². The molecule has 6 heteroatoms. The van der Waals surface area contributed by atoms with Gasteiger partial charge in [0.1, 0.15) is 5.01 Å². The van der Waals surface area contributed by atoms with Crippen molar-refractivity contribution in [1.29, 1.82) is 0 Å². The molecule has 2 aromatic heterocycles. The Morgan fingerprint density at radius 3 is 2.77 bits per heavy atom. The average Bonchev–Trinajstić information content (AvgIpc) is 3.03. The molecule has 0 spiro atoms. The summed E-state index contributed by atoms with van der Waals surface area (Å²) < 4.78 is 0.935. The van der Waals surface area contributed by atoms with Gasteiger partial charge in [0.25, 0.3) is 5.91 Å². The fourth-order valence-electron chi connectivity index (χ4n) is 1.91. The summed E-state index contributed by atoms with van der Waals surface area (Å²) in [5, 5.41) is 5.71. The number of pyridine rings is 1. The van der Waals surface area contributed by atoms with Crippen LogP contribution >= 0.6 is 33.9 Å². The molecule has 110 valence electrons. The first-order chi connectivity index (χ1) is 10.7. The highest BCUT2D eigenvalue weighted by Crippen LogP contribution is 2.21. The summed E-state index contributed by atoms with van der Waals surface area (Å²) in [6.07, 6.45) is 1.75. The molecule has 0 radical (unpaired) electrons. The molecule has 0 bridgehead atoms. The van der Waals surface area contributed by atoms with E-state index in [0.29, 0.717) is 12.1 Å². The molecule has 0 aliphatic carbocycles. The number of halogens is 1. The van der Waals surface area contributed by atoms with Gasteiger partial charge >= 0.3 is 0 Å². The molecule has 22 heavy (non-hydrogen) atoms. The van der Waals surface area contributed by atoms with Crippen molar-refractivity contribution >= 4 is 39.8 Å². The van der Waals surface area contributed by atoms with E-state index in [2.05, 4.69) is 37.9 Å². The third-order valence-electron chi connectivity index (χ3n) is 2.98. The van der Waals surface area contributed by atoms with Crippen LogP contribution in [0.5, 0.6) is 0 Å². The molecule has 0 aliphatic heterocycles. The zero-order valence-electron chi connectivity index (χ0n) is 11.5. The molecule has 0 atom stereocenters. The van der Waals surface area contributed by atoms with Crippen LogP contribution in [-0.2, 0) is 6.54 Å². The third kappa shape index (κ3) is 3.50. The number of rotatable bonds is 4. The Morgan fingerprint density at radius 2 is 2.00 bits per heavy atom. The maximum Gasteiger partial charge on any atom is 0.252 e. The maximum atomic E-state index is 12.2. The highest BCUT2D eigenvalue weighted by molar-refractivity contribution is 14.1. The van der Waals surface area contributed by atoms with Gasteiger partial charge in [-0.25, -0.2) is 4.98 Å². The van der Waals surface area contributed by atoms with E-state index in [0.717, 1.165) is 20.0 Å². The van der Waals surface area contributed by atoms with Crippen molar-refractivity contribution in [2.75, 3.05) is 0 Å². The Hall–Kier alpha value is -1.80. The number of benzene rings is 1. The SMILES string of the molecule is O=C(NCc1csc(-c2ccccn2)n1)c1ccccc1I. The zero-order valence-corrected chi connectivity index (χ0v) is 14.5. The lowest BCUT2D eigenvalue weighted by Gasteiger charge is -2.05. The normalized spacial score (nSPS) is 10.4. The lowest BCUT2D eigenvalue weighted by molar-refractivity contribution is 0.0949. The number of carbonyl (C=O) groups excluding carboxylic acids is 1. The summed E-state index contributed by atoms with van der Waals surface area (Å²) in [5.74, 6) is -0.0858. The number of hydrogen-bond donors (Lipinski definition) is 1. The largest absolute Gasteiger partial charge is 0.346 e. The number of aromatic nitrogens is 2. The lowest BCUT2D eigenvalue weighted by Crippen LogP contribution is -2.23. The van der Waals surface area contributed by atoms with Gasteiger partial charge in [-0.3, -0.25) is 9.78 Å². The van der Waals surface area contributed by atoms with Gasteiger partial charge in [0.2, 0.25) is 0 Å². The molecule has 0 saturated carbocycles. The Labute approximate surface area is 145 Å². The smallest absolute Gasteiger partial charge is 0.252 e. The molecule has 3 rings (SSSR count). The number of amides is 1. The molecule has 1 aromatic carbocycles. The molecule has 0 saturated heterocycles. The van der Waals surface area contributed by atoms with Gasteiger partial charge in [0, 0.05) is 15.1 Å². The Bertz CT molecular complexity index is 789. The predicted octanol–water partition coefficient (Wildman–Crippen LogP) is 3.74.